The van der Waals surface area contributed by atoms with Gasteiger partial charge in [0.05, 0.1) is 26.2 Å². The highest BCUT2D eigenvalue weighted by atomic mass is 31.2. The number of hydrogen-bond donors (Lipinski definition) is 2. The Balaban J connectivity index is 4.98. The van der Waals surface area contributed by atoms with Gasteiger partial charge in [-0.25, -0.2) is 4.57 Å². The van der Waals surface area contributed by atoms with Gasteiger partial charge >= 0.3 is 25.7 Å². The molecule has 76 heavy (non-hydrogen) atoms. The Bertz CT molecular complexity index is 1920. The van der Waals surface area contributed by atoms with E-state index in [0.29, 0.717) is 25.7 Å². The Morgan fingerprint density at radius 3 is 1.14 bits per heavy atom. The largest absolute Gasteiger partial charge is 0.472 e. The molecule has 0 aliphatic heterocycles. The van der Waals surface area contributed by atoms with E-state index in [9.17, 15) is 28.9 Å². The van der Waals surface area contributed by atoms with E-state index in [0.717, 1.165) is 109 Å². The molecule has 0 aromatic rings. The maximum absolute atomic E-state index is 12.9. The molecule has 0 rings (SSSR count). The van der Waals surface area contributed by atoms with Crippen LogP contribution in [0.15, 0.2) is 170 Å². The van der Waals surface area contributed by atoms with Crippen molar-refractivity contribution in [1.29, 1.82) is 0 Å². The number of rotatable bonds is 49. The highest BCUT2D eigenvalue weighted by Gasteiger charge is 2.28. The molecule has 0 saturated heterocycles. The normalized spacial score (nSPS) is 14.6. The van der Waals surface area contributed by atoms with E-state index in [1.807, 2.05) is 30.4 Å². The summed E-state index contributed by atoms with van der Waals surface area (Å²) in [6, 6.07) is 0. The van der Waals surface area contributed by atoms with Gasteiger partial charge in [0.25, 0.3) is 0 Å². The molecular weight excluding hydrogens is 976 g/mol. The molecule has 0 saturated carbocycles. The van der Waals surface area contributed by atoms with Gasteiger partial charge < -0.3 is 24.2 Å². The summed E-state index contributed by atoms with van der Waals surface area (Å²) < 4.78 is 39.3. The van der Waals surface area contributed by atoms with Gasteiger partial charge in [0.2, 0.25) is 0 Å². The van der Waals surface area contributed by atoms with E-state index < -0.39 is 64.4 Å². The number of aliphatic hydroxyl groups is 1. The molecule has 12 heteroatoms. The first-order chi connectivity index (χ1) is 37.2. The van der Waals surface area contributed by atoms with Crippen LogP contribution in [-0.4, -0.2) is 66.5 Å². The van der Waals surface area contributed by atoms with Crippen molar-refractivity contribution >= 4 is 25.7 Å². The quantitative estimate of drug-likeness (QED) is 0.0197. The molecule has 0 spiro atoms. The smallest absolute Gasteiger partial charge is 0.462 e. The van der Waals surface area contributed by atoms with Gasteiger partial charge in [-0.05, 0) is 116 Å². The Labute approximate surface area is 459 Å². The molecule has 0 amide bonds. The molecule has 0 aromatic heterocycles. The van der Waals surface area contributed by atoms with E-state index in [1.165, 1.54) is 0 Å². The number of carbonyl (C=O) groups excluding carboxylic acids is 3. The predicted molar refractivity (Wildman–Crippen MR) is 315 cm³/mol. The molecule has 0 aliphatic rings. The summed E-state index contributed by atoms with van der Waals surface area (Å²) in [5.41, 5.74) is 0. The van der Waals surface area contributed by atoms with Crippen molar-refractivity contribution in [1.82, 2.24) is 0 Å². The van der Waals surface area contributed by atoms with E-state index in [-0.39, 0.29) is 19.3 Å². The Kier molecular flexibility index (Phi) is 52.2. The van der Waals surface area contributed by atoms with E-state index in [2.05, 4.69) is 154 Å². The molecule has 0 aromatic carbocycles. The van der Waals surface area contributed by atoms with E-state index >= 15 is 0 Å². The third kappa shape index (κ3) is 53.7. The second kappa shape index (κ2) is 56.1. The summed E-state index contributed by atoms with van der Waals surface area (Å²) in [5, 5.41) is 9.79. The molecule has 424 valence electrons. The van der Waals surface area contributed by atoms with Gasteiger partial charge in [0, 0.05) is 12.8 Å². The SMILES string of the molecule is CC/C=C\C/C=C\C/C=C\C/C=C\C/C=C\C/C=C\CCC(=O)OC(COC(=O)CCCCCCC/C=C\C/C=C\C/C=C\CC)COP(=O)(O)OCC(CO)OC(=O)C/C=C\C/C=C\C/C=C\C/C=C\C/C=C\CC. The van der Waals surface area contributed by atoms with E-state index in [4.69, 9.17) is 23.3 Å². The number of unbranched alkanes of at least 4 members (excludes halogenated alkanes) is 5. The molecule has 3 atom stereocenters. The summed E-state index contributed by atoms with van der Waals surface area (Å²) >= 11 is 0. The van der Waals surface area contributed by atoms with Crippen LogP contribution >= 0.6 is 7.82 Å². The monoisotopic (exact) mass is 1070 g/mol. The third-order valence-electron chi connectivity index (χ3n) is 10.7. The molecule has 2 N–H and O–H groups in total. The van der Waals surface area contributed by atoms with Crippen molar-refractivity contribution in [3.8, 4) is 0 Å². The summed E-state index contributed by atoms with van der Waals surface area (Å²) in [4.78, 5) is 48.4. The van der Waals surface area contributed by atoms with Gasteiger partial charge in [0.1, 0.15) is 12.7 Å². The fourth-order valence-corrected chi connectivity index (χ4v) is 7.31. The third-order valence-corrected chi connectivity index (χ3v) is 11.6. The zero-order valence-electron chi connectivity index (χ0n) is 46.6. The summed E-state index contributed by atoms with van der Waals surface area (Å²) in [6.07, 6.45) is 75.0. The van der Waals surface area contributed by atoms with Crippen molar-refractivity contribution in [3.05, 3.63) is 170 Å². The summed E-state index contributed by atoms with van der Waals surface area (Å²) in [6.45, 7) is 4.05. The van der Waals surface area contributed by atoms with Crippen LogP contribution in [0.25, 0.3) is 0 Å². The van der Waals surface area contributed by atoms with Gasteiger partial charge in [0.15, 0.2) is 6.10 Å². The van der Waals surface area contributed by atoms with Crippen molar-refractivity contribution in [3.63, 3.8) is 0 Å². The lowest BCUT2D eigenvalue weighted by Crippen LogP contribution is -2.30. The van der Waals surface area contributed by atoms with Crippen molar-refractivity contribution < 1.29 is 52.2 Å². The fraction of sp³-hybridized carbons (Fsp3) is 0.516. The molecular formula is C64H97O11P. The first kappa shape index (κ1) is 70.8. The molecule has 0 bridgehead atoms. The van der Waals surface area contributed by atoms with Crippen molar-refractivity contribution in [2.45, 2.75) is 187 Å². The van der Waals surface area contributed by atoms with Crippen LogP contribution in [0.3, 0.4) is 0 Å². The minimum atomic E-state index is -4.81. The van der Waals surface area contributed by atoms with Crippen LogP contribution < -0.4 is 0 Å². The van der Waals surface area contributed by atoms with Crippen LogP contribution in [0, 0.1) is 0 Å². The summed E-state index contributed by atoms with van der Waals surface area (Å²) in [7, 11) is -4.81. The first-order valence-corrected chi connectivity index (χ1v) is 29.5. The second-order valence-electron chi connectivity index (χ2n) is 17.6. The zero-order chi connectivity index (χ0) is 55.5. The summed E-state index contributed by atoms with van der Waals surface area (Å²) in [5.74, 6) is -1.75. The molecule has 0 radical (unpaired) electrons. The number of esters is 3. The number of allylic oxidation sites excluding steroid dienone is 27. The van der Waals surface area contributed by atoms with Crippen LogP contribution in [0.1, 0.15) is 175 Å². The van der Waals surface area contributed by atoms with Crippen molar-refractivity contribution in [2.24, 2.45) is 0 Å². The van der Waals surface area contributed by atoms with Crippen LogP contribution in [-0.2, 0) is 42.2 Å². The van der Waals surface area contributed by atoms with Gasteiger partial charge in [-0.3, -0.25) is 23.4 Å². The molecule has 0 fully saturated rings. The van der Waals surface area contributed by atoms with E-state index in [1.54, 1.807) is 6.08 Å². The lowest BCUT2D eigenvalue weighted by atomic mass is 10.1. The molecule has 3 unspecified atom stereocenters. The average molecular weight is 1070 g/mol. The molecule has 0 heterocycles. The highest BCUT2D eigenvalue weighted by molar-refractivity contribution is 7.47. The molecule has 0 aliphatic carbocycles. The Morgan fingerprint density at radius 2 is 0.724 bits per heavy atom. The van der Waals surface area contributed by atoms with Crippen molar-refractivity contribution in [2.75, 3.05) is 26.4 Å². The Hall–Kier alpha value is -5.16. The lowest BCUT2D eigenvalue weighted by Gasteiger charge is -2.21. The van der Waals surface area contributed by atoms with Gasteiger partial charge in [-0.2, -0.15) is 0 Å². The topological polar surface area (TPSA) is 155 Å². The first-order valence-electron chi connectivity index (χ1n) is 28.0. The van der Waals surface area contributed by atoms with Gasteiger partial charge in [-0.1, -0.05) is 210 Å². The predicted octanol–water partition coefficient (Wildman–Crippen LogP) is 16.7. The zero-order valence-corrected chi connectivity index (χ0v) is 47.5. The Morgan fingerprint density at radius 1 is 0.382 bits per heavy atom. The molecule has 11 nitrogen and oxygen atoms in total. The maximum atomic E-state index is 12.9. The number of aliphatic hydroxyl groups excluding tert-OH is 1. The second-order valence-corrected chi connectivity index (χ2v) is 19.1. The minimum absolute atomic E-state index is 0.0207. The minimum Gasteiger partial charge on any atom is -0.462 e. The fourth-order valence-electron chi connectivity index (χ4n) is 6.53. The number of phosphoric acid groups is 1. The number of phosphoric ester groups is 1. The standard InChI is InChI=1S/C64H97O11P/c1-4-7-10-13-16-19-22-25-28-29-30-31-34-37-40-43-46-49-52-55-64(68)75-61(57-71-62(66)53-50-47-44-41-38-35-32-26-23-20-17-14-11-8-5-2)59-73-76(69,70)72-58-60(56-65)74-63(67)54-51-48-45-42-39-36-33-27-24-21-18-15-12-9-6-3/h7-12,16-21,25-28,30-33,37,39-40,42,46,48-49,51,60-61,65H,4-6,13-15,22-24,29,34-36,38,41,43-45,47,50,52-59H2,1-3H3,(H,69,70)/b10-7-,11-8-,12-9-,19-16-,20-17-,21-18-,28-25-,31-30-,32-26-,33-27-,40-37-,42-39-,49-46-,51-48-. The number of carbonyl (C=O) groups is 3. The van der Waals surface area contributed by atoms with Crippen LogP contribution in [0.2, 0.25) is 0 Å². The van der Waals surface area contributed by atoms with Crippen LogP contribution in [0.4, 0.5) is 0 Å². The highest BCUT2D eigenvalue weighted by Crippen LogP contribution is 2.43. The number of ether oxygens (including phenoxy) is 3. The maximum Gasteiger partial charge on any atom is 0.472 e. The van der Waals surface area contributed by atoms with Crippen LogP contribution in [0.5, 0.6) is 0 Å². The lowest BCUT2D eigenvalue weighted by molar-refractivity contribution is -0.161. The number of hydrogen-bond acceptors (Lipinski definition) is 10. The van der Waals surface area contributed by atoms with Gasteiger partial charge in [-0.15, -0.1) is 0 Å². The average Bonchev–Trinajstić information content (AvgIpc) is 3.41.